The van der Waals surface area contributed by atoms with Crippen molar-refractivity contribution in [2.75, 3.05) is 10.6 Å². The lowest BCUT2D eigenvalue weighted by Gasteiger charge is -2.12. The number of hydrogen-bond donors (Lipinski definition) is 2. The van der Waals surface area contributed by atoms with Crippen molar-refractivity contribution in [3.8, 4) is 0 Å². The number of nitrogens with one attached hydrogen (secondary N) is 2. The van der Waals surface area contributed by atoms with Gasteiger partial charge in [-0.2, -0.15) is 13.2 Å². The Morgan fingerprint density at radius 2 is 1.73 bits per heavy atom. The minimum absolute atomic E-state index is 0.194. The average Bonchev–Trinajstić information content (AvgIpc) is 2.52. The van der Waals surface area contributed by atoms with E-state index in [0.717, 1.165) is 0 Å². The van der Waals surface area contributed by atoms with Crippen LogP contribution in [-0.4, -0.2) is 5.11 Å². The van der Waals surface area contributed by atoms with Crippen LogP contribution in [0.5, 0.6) is 0 Å². The molecule has 0 saturated heterocycles. The van der Waals surface area contributed by atoms with E-state index >= 15 is 0 Å². The van der Waals surface area contributed by atoms with Gasteiger partial charge in [0.05, 0.1) is 5.56 Å². The fourth-order valence-corrected chi connectivity index (χ4v) is 2.76. The first kappa shape index (κ1) is 18.2. The summed E-state index contributed by atoms with van der Waals surface area (Å²) in [5.74, 6) is 0. The Bertz CT molecular complexity index is 1050. The van der Waals surface area contributed by atoms with Crippen molar-refractivity contribution < 1.29 is 17.6 Å². The monoisotopic (exact) mass is 398 g/mol. The summed E-state index contributed by atoms with van der Waals surface area (Å²) >= 11 is 11.0. The Morgan fingerprint density at radius 1 is 1.04 bits per heavy atom. The van der Waals surface area contributed by atoms with E-state index in [1.54, 1.807) is 24.3 Å². The second kappa shape index (κ2) is 6.97. The van der Waals surface area contributed by atoms with E-state index in [1.165, 1.54) is 18.2 Å². The van der Waals surface area contributed by atoms with Crippen LogP contribution in [0.2, 0.25) is 5.02 Å². The lowest BCUT2D eigenvalue weighted by atomic mass is 10.1. The molecule has 0 fully saturated rings. The van der Waals surface area contributed by atoms with Crippen LogP contribution in [-0.2, 0) is 6.18 Å². The summed E-state index contributed by atoms with van der Waals surface area (Å²) in [6.07, 6.45) is -4.66. The summed E-state index contributed by atoms with van der Waals surface area (Å²) in [6, 6.07) is 11.2. The maximum atomic E-state index is 13.0. The van der Waals surface area contributed by atoms with Gasteiger partial charge in [-0.05, 0) is 42.5 Å². The smallest absolute Gasteiger partial charge is 0.417 e. The molecule has 3 aromatic rings. The molecule has 0 unspecified atom stereocenters. The van der Waals surface area contributed by atoms with Crippen molar-refractivity contribution >= 4 is 51.3 Å². The SMILES string of the molecule is O=c1cc(C(F)(F)F)c2ccc(NC(=S)Nc3cccc(Cl)c3)cc2o1. The third-order valence-electron chi connectivity index (χ3n) is 3.39. The predicted octanol–water partition coefficient (Wildman–Crippen LogP) is 5.27. The van der Waals surface area contributed by atoms with Crippen LogP contribution in [0.1, 0.15) is 5.56 Å². The summed E-state index contributed by atoms with van der Waals surface area (Å²) in [6.45, 7) is 0. The Morgan fingerprint density at radius 3 is 2.38 bits per heavy atom. The topological polar surface area (TPSA) is 54.3 Å². The number of halogens is 4. The standard InChI is InChI=1S/C17H10ClF3N2O2S/c18-9-2-1-3-10(6-9)22-16(26)23-11-4-5-12-13(17(19,20)21)8-15(24)25-14(12)7-11/h1-8H,(H2,22,23,26). The van der Waals surface area contributed by atoms with Crippen molar-refractivity contribution in [2.24, 2.45) is 0 Å². The van der Waals surface area contributed by atoms with Gasteiger partial charge < -0.3 is 15.1 Å². The Balaban J connectivity index is 1.87. The van der Waals surface area contributed by atoms with Crippen molar-refractivity contribution in [2.45, 2.75) is 6.18 Å². The van der Waals surface area contributed by atoms with Crippen molar-refractivity contribution in [1.29, 1.82) is 0 Å². The minimum Gasteiger partial charge on any atom is -0.423 e. The van der Waals surface area contributed by atoms with E-state index in [2.05, 4.69) is 10.6 Å². The van der Waals surface area contributed by atoms with Crippen LogP contribution in [0, 0.1) is 0 Å². The first-order valence-electron chi connectivity index (χ1n) is 7.21. The number of thiocarbonyl (C=S) groups is 1. The Kier molecular flexibility index (Phi) is 4.88. The Labute approximate surface area is 155 Å². The molecule has 2 N–H and O–H groups in total. The molecule has 0 radical (unpaired) electrons. The van der Waals surface area contributed by atoms with Gasteiger partial charge in [-0.3, -0.25) is 0 Å². The van der Waals surface area contributed by atoms with Gasteiger partial charge in [-0.15, -0.1) is 0 Å². The van der Waals surface area contributed by atoms with Crippen molar-refractivity contribution in [1.82, 2.24) is 0 Å². The summed E-state index contributed by atoms with van der Waals surface area (Å²) in [5.41, 5.74) is -1.32. The largest absolute Gasteiger partial charge is 0.423 e. The predicted molar refractivity (Wildman–Crippen MR) is 98.8 cm³/mol. The van der Waals surface area contributed by atoms with Gasteiger partial charge in [0.25, 0.3) is 0 Å². The fourth-order valence-electron chi connectivity index (χ4n) is 2.33. The molecule has 3 rings (SSSR count). The molecule has 0 bridgehead atoms. The number of anilines is 2. The highest BCUT2D eigenvalue weighted by atomic mass is 35.5. The van der Waals surface area contributed by atoms with Crippen LogP contribution in [0.4, 0.5) is 24.5 Å². The first-order chi connectivity index (χ1) is 12.2. The van der Waals surface area contributed by atoms with Crippen molar-refractivity contribution in [3.63, 3.8) is 0 Å². The third-order valence-corrected chi connectivity index (χ3v) is 3.83. The van der Waals surface area contributed by atoms with Crippen LogP contribution in [0.15, 0.2) is 57.7 Å². The molecular weight excluding hydrogens is 389 g/mol. The molecule has 1 aromatic heterocycles. The summed E-state index contributed by atoms with van der Waals surface area (Å²) in [7, 11) is 0. The summed E-state index contributed by atoms with van der Waals surface area (Å²) < 4.78 is 44.0. The highest BCUT2D eigenvalue weighted by Gasteiger charge is 2.33. The second-order valence-electron chi connectivity index (χ2n) is 5.28. The van der Waals surface area contributed by atoms with Crippen LogP contribution in [0.3, 0.4) is 0 Å². The van der Waals surface area contributed by atoms with E-state index < -0.39 is 17.4 Å². The fraction of sp³-hybridized carbons (Fsp3) is 0.0588. The molecule has 0 aliphatic rings. The van der Waals surface area contributed by atoms with E-state index in [4.69, 9.17) is 28.2 Å². The third kappa shape index (κ3) is 4.14. The number of hydrogen-bond acceptors (Lipinski definition) is 3. The highest BCUT2D eigenvalue weighted by molar-refractivity contribution is 7.80. The second-order valence-corrected chi connectivity index (χ2v) is 6.12. The molecule has 0 saturated carbocycles. The molecule has 0 atom stereocenters. The van der Waals surface area contributed by atoms with Gasteiger partial charge in [0, 0.05) is 33.9 Å². The molecule has 2 aromatic carbocycles. The van der Waals surface area contributed by atoms with E-state index in [-0.39, 0.29) is 16.1 Å². The zero-order valence-corrected chi connectivity index (χ0v) is 14.4. The van der Waals surface area contributed by atoms with Gasteiger partial charge in [0.15, 0.2) is 5.11 Å². The molecule has 9 heteroatoms. The number of alkyl halides is 3. The first-order valence-corrected chi connectivity index (χ1v) is 8.00. The molecule has 134 valence electrons. The molecule has 0 aliphatic heterocycles. The zero-order valence-electron chi connectivity index (χ0n) is 12.9. The summed E-state index contributed by atoms with van der Waals surface area (Å²) in [5, 5.41) is 6.21. The van der Waals surface area contributed by atoms with Gasteiger partial charge >= 0.3 is 11.8 Å². The maximum absolute atomic E-state index is 13.0. The van der Waals surface area contributed by atoms with Crippen LogP contribution in [0.25, 0.3) is 11.0 Å². The number of rotatable bonds is 2. The Hall–Kier alpha value is -2.58. The van der Waals surface area contributed by atoms with Gasteiger partial charge in [0.2, 0.25) is 0 Å². The quantitative estimate of drug-likeness (QED) is 0.454. The maximum Gasteiger partial charge on any atom is 0.417 e. The van der Waals surface area contributed by atoms with Crippen LogP contribution >= 0.6 is 23.8 Å². The minimum atomic E-state index is -4.66. The van der Waals surface area contributed by atoms with Crippen LogP contribution < -0.4 is 16.3 Å². The molecule has 0 spiro atoms. The molecule has 1 heterocycles. The summed E-state index contributed by atoms with van der Waals surface area (Å²) in [4.78, 5) is 11.4. The van der Waals surface area contributed by atoms with E-state index in [9.17, 15) is 18.0 Å². The van der Waals surface area contributed by atoms with Gasteiger partial charge in [-0.1, -0.05) is 17.7 Å². The number of fused-ring (bicyclic) bond motifs is 1. The number of benzene rings is 2. The molecular formula is C17H10ClF3N2O2S. The lowest BCUT2D eigenvalue weighted by molar-refractivity contribution is -0.136. The van der Waals surface area contributed by atoms with Gasteiger partial charge in [0.1, 0.15) is 5.58 Å². The molecule has 26 heavy (non-hydrogen) atoms. The molecule has 0 amide bonds. The van der Waals surface area contributed by atoms with Crippen molar-refractivity contribution in [3.05, 3.63) is 69.5 Å². The van der Waals surface area contributed by atoms with E-state index in [0.29, 0.717) is 22.5 Å². The molecule has 0 aliphatic carbocycles. The molecule has 4 nitrogen and oxygen atoms in total. The zero-order chi connectivity index (χ0) is 18.9. The lowest BCUT2D eigenvalue weighted by Crippen LogP contribution is -2.19. The average molecular weight is 399 g/mol. The normalized spacial score (nSPS) is 11.4. The van der Waals surface area contributed by atoms with Gasteiger partial charge in [-0.25, -0.2) is 4.79 Å². The highest BCUT2D eigenvalue weighted by Crippen LogP contribution is 2.34. The van der Waals surface area contributed by atoms with E-state index in [1.807, 2.05) is 0 Å².